The van der Waals surface area contributed by atoms with E-state index in [0.717, 1.165) is 37.8 Å². The van der Waals surface area contributed by atoms with Crippen LogP contribution < -0.4 is 10.1 Å². The van der Waals surface area contributed by atoms with Gasteiger partial charge >= 0.3 is 0 Å². The van der Waals surface area contributed by atoms with Crippen LogP contribution in [0.25, 0.3) is 0 Å². The van der Waals surface area contributed by atoms with Gasteiger partial charge in [0.15, 0.2) is 21.4 Å². The summed E-state index contributed by atoms with van der Waals surface area (Å²) < 4.78 is 42.4. The number of halogens is 1. The molecule has 0 unspecified atom stereocenters. The number of hydrogen-bond donors (Lipinski definition) is 1. The van der Waals surface area contributed by atoms with E-state index in [1.807, 2.05) is 0 Å². The third-order valence-electron chi connectivity index (χ3n) is 3.47. The first-order valence-corrected chi connectivity index (χ1v) is 8.11. The van der Waals surface area contributed by atoms with Gasteiger partial charge in [0.2, 0.25) is 0 Å². The molecular formula is C13H18FNO3S. The van der Waals surface area contributed by atoms with Crippen LogP contribution in [0, 0.1) is 5.82 Å². The van der Waals surface area contributed by atoms with Gasteiger partial charge in [0, 0.05) is 11.8 Å². The summed E-state index contributed by atoms with van der Waals surface area (Å²) in [5.41, 5.74) is 0.758. The van der Waals surface area contributed by atoms with Crippen molar-refractivity contribution < 1.29 is 17.5 Å². The van der Waals surface area contributed by atoms with E-state index in [-0.39, 0.29) is 16.6 Å². The molecule has 1 aliphatic rings. The monoisotopic (exact) mass is 287 g/mol. The number of hydrogen-bond acceptors (Lipinski definition) is 4. The first kappa shape index (κ1) is 14.3. The van der Waals surface area contributed by atoms with Gasteiger partial charge in [-0.25, -0.2) is 12.8 Å². The standard InChI is InChI=1S/C13H18FNO3S/c1-18-13-10(9-5-7-15-8-6-9)3-4-11(12(13)14)19(2,16)17/h3-4,9,15H,5-8H2,1-2H3. The van der Waals surface area contributed by atoms with Crippen LogP contribution in [0.5, 0.6) is 5.75 Å². The fourth-order valence-corrected chi connectivity index (χ4v) is 3.23. The molecule has 0 bridgehead atoms. The lowest BCUT2D eigenvalue weighted by molar-refractivity contribution is 0.362. The molecule has 0 aliphatic carbocycles. The van der Waals surface area contributed by atoms with Crippen molar-refractivity contribution in [3.05, 3.63) is 23.5 Å². The van der Waals surface area contributed by atoms with Crippen molar-refractivity contribution in [1.29, 1.82) is 0 Å². The van der Waals surface area contributed by atoms with Gasteiger partial charge < -0.3 is 10.1 Å². The van der Waals surface area contributed by atoms with Crippen molar-refractivity contribution in [2.24, 2.45) is 0 Å². The number of sulfone groups is 1. The first-order valence-electron chi connectivity index (χ1n) is 6.22. The van der Waals surface area contributed by atoms with Gasteiger partial charge in [-0.15, -0.1) is 0 Å². The summed E-state index contributed by atoms with van der Waals surface area (Å²) in [6.45, 7) is 1.76. The second-order valence-electron chi connectivity index (χ2n) is 4.80. The Balaban J connectivity index is 2.49. The maximum absolute atomic E-state index is 14.3. The zero-order valence-electron chi connectivity index (χ0n) is 11.1. The summed E-state index contributed by atoms with van der Waals surface area (Å²) in [7, 11) is -2.21. The predicted molar refractivity (Wildman–Crippen MR) is 70.9 cm³/mol. The second kappa shape index (κ2) is 5.46. The zero-order chi connectivity index (χ0) is 14.0. The summed E-state index contributed by atoms with van der Waals surface area (Å²) in [4.78, 5) is -0.304. The third kappa shape index (κ3) is 2.90. The summed E-state index contributed by atoms with van der Waals surface area (Å²) >= 11 is 0. The largest absolute Gasteiger partial charge is 0.493 e. The first-order chi connectivity index (χ1) is 8.95. The molecule has 106 valence electrons. The molecule has 1 aliphatic heterocycles. The Morgan fingerprint density at radius 2 is 1.95 bits per heavy atom. The molecule has 0 saturated carbocycles. The van der Waals surface area contributed by atoms with E-state index < -0.39 is 15.7 Å². The Morgan fingerprint density at radius 3 is 2.47 bits per heavy atom. The Labute approximate surface area is 112 Å². The Morgan fingerprint density at radius 1 is 1.32 bits per heavy atom. The van der Waals surface area contributed by atoms with Crippen molar-refractivity contribution >= 4 is 9.84 Å². The van der Waals surface area contributed by atoms with Crippen LogP contribution in [0.2, 0.25) is 0 Å². The molecule has 1 N–H and O–H groups in total. The lowest BCUT2D eigenvalue weighted by Gasteiger charge is -2.25. The van der Waals surface area contributed by atoms with Crippen molar-refractivity contribution in [3.63, 3.8) is 0 Å². The maximum atomic E-state index is 14.3. The summed E-state index contributed by atoms with van der Waals surface area (Å²) in [6, 6.07) is 3.01. The molecule has 0 spiro atoms. The Bertz CT molecular complexity index is 565. The van der Waals surface area contributed by atoms with Crippen LogP contribution in [-0.4, -0.2) is 34.9 Å². The molecule has 0 atom stereocenters. The smallest absolute Gasteiger partial charge is 0.183 e. The number of benzene rings is 1. The highest BCUT2D eigenvalue weighted by atomic mass is 32.2. The van der Waals surface area contributed by atoms with E-state index in [0.29, 0.717) is 0 Å². The maximum Gasteiger partial charge on any atom is 0.183 e. The van der Waals surface area contributed by atoms with E-state index in [2.05, 4.69) is 5.32 Å². The fourth-order valence-electron chi connectivity index (χ4n) is 2.50. The van der Waals surface area contributed by atoms with Gasteiger partial charge in [-0.3, -0.25) is 0 Å². The van der Waals surface area contributed by atoms with Crippen LogP contribution in [-0.2, 0) is 9.84 Å². The molecule has 2 rings (SSSR count). The number of nitrogens with one attached hydrogen (secondary N) is 1. The van der Waals surface area contributed by atoms with Crippen LogP contribution in [0.4, 0.5) is 4.39 Å². The van der Waals surface area contributed by atoms with Gasteiger partial charge in [-0.2, -0.15) is 0 Å². The van der Waals surface area contributed by atoms with Gasteiger partial charge in [-0.1, -0.05) is 6.07 Å². The molecular weight excluding hydrogens is 269 g/mol. The lowest BCUT2D eigenvalue weighted by Crippen LogP contribution is -2.27. The highest BCUT2D eigenvalue weighted by Gasteiger charge is 2.25. The number of ether oxygens (including phenoxy) is 1. The minimum absolute atomic E-state index is 0.0647. The SMILES string of the molecule is COc1c(C2CCNCC2)ccc(S(C)(=O)=O)c1F. The molecule has 1 aromatic rings. The quantitative estimate of drug-likeness (QED) is 0.919. The molecule has 1 aromatic carbocycles. The molecule has 1 saturated heterocycles. The predicted octanol–water partition coefficient (Wildman–Crippen LogP) is 1.70. The van der Waals surface area contributed by atoms with Gasteiger partial charge in [0.25, 0.3) is 0 Å². The van der Waals surface area contributed by atoms with Crippen LogP contribution in [0.3, 0.4) is 0 Å². The lowest BCUT2D eigenvalue weighted by atomic mass is 9.89. The molecule has 1 fully saturated rings. The zero-order valence-corrected chi connectivity index (χ0v) is 11.9. The Hall–Kier alpha value is -1.14. The van der Waals surface area contributed by atoms with Crippen LogP contribution in [0.15, 0.2) is 17.0 Å². The van der Waals surface area contributed by atoms with E-state index in [4.69, 9.17) is 4.74 Å². The molecule has 0 aromatic heterocycles. The number of piperidine rings is 1. The molecule has 6 heteroatoms. The van der Waals surface area contributed by atoms with Crippen molar-refractivity contribution in [2.45, 2.75) is 23.7 Å². The fraction of sp³-hybridized carbons (Fsp3) is 0.538. The second-order valence-corrected chi connectivity index (χ2v) is 6.78. The molecule has 0 radical (unpaired) electrons. The number of rotatable bonds is 3. The molecule has 19 heavy (non-hydrogen) atoms. The van der Waals surface area contributed by atoms with Crippen molar-refractivity contribution in [2.75, 3.05) is 26.5 Å². The van der Waals surface area contributed by atoms with Gasteiger partial charge in [0.1, 0.15) is 4.90 Å². The van der Waals surface area contributed by atoms with Crippen molar-refractivity contribution in [1.82, 2.24) is 5.32 Å². The third-order valence-corrected chi connectivity index (χ3v) is 4.59. The minimum Gasteiger partial charge on any atom is -0.493 e. The summed E-state index contributed by atoms with van der Waals surface area (Å²) in [5, 5.41) is 3.24. The highest BCUT2D eigenvalue weighted by molar-refractivity contribution is 7.90. The van der Waals surface area contributed by atoms with E-state index in [1.54, 1.807) is 6.07 Å². The average Bonchev–Trinajstić information content (AvgIpc) is 2.37. The van der Waals surface area contributed by atoms with Crippen molar-refractivity contribution in [3.8, 4) is 5.75 Å². The molecule has 1 heterocycles. The van der Waals surface area contributed by atoms with Gasteiger partial charge in [0.05, 0.1) is 7.11 Å². The van der Waals surface area contributed by atoms with Crippen LogP contribution >= 0.6 is 0 Å². The minimum atomic E-state index is -3.58. The van der Waals surface area contributed by atoms with Gasteiger partial charge in [-0.05, 0) is 37.9 Å². The highest BCUT2D eigenvalue weighted by Crippen LogP contribution is 2.36. The normalized spacial score (nSPS) is 17.4. The Kier molecular flexibility index (Phi) is 4.10. The van der Waals surface area contributed by atoms with E-state index in [9.17, 15) is 12.8 Å². The average molecular weight is 287 g/mol. The van der Waals surface area contributed by atoms with E-state index in [1.165, 1.54) is 13.2 Å². The number of methoxy groups -OCH3 is 1. The van der Waals surface area contributed by atoms with Crippen LogP contribution in [0.1, 0.15) is 24.3 Å². The topological polar surface area (TPSA) is 55.4 Å². The summed E-state index contributed by atoms with van der Waals surface area (Å²) in [6.07, 6.45) is 2.79. The molecule has 4 nitrogen and oxygen atoms in total. The van der Waals surface area contributed by atoms with E-state index >= 15 is 0 Å². The summed E-state index contributed by atoms with van der Waals surface area (Å²) in [5.74, 6) is -0.504. The molecule has 0 amide bonds.